The Balaban J connectivity index is 1.78. The van der Waals surface area contributed by atoms with Gasteiger partial charge in [0, 0.05) is 5.02 Å². The molecule has 20 heavy (non-hydrogen) atoms. The molecule has 1 aromatic carbocycles. The van der Waals surface area contributed by atoms with Crippen molar-refractivity contribution in [1.82, 2.24) is 4.98 Å². The Bertz CT molecular complexity index is 785. The lowest BCUT2D eigenvalue weighted by Crippen LogP contribution is -2.23. The lowest BCUT2D eigenvalue weighted by molar-refractivity contribution is -0.119. The van der Waals surface area contributed by atoms with Gasteiger partial charge in [-0.05, 0) is 24.6 Å². The quantitative estimate of drug-likeness (QED) is 0.916. The standard InChI is InChI=1S/C12H11ClN2O3S2/c13-8-1-2-9-10(5-8)19-12(14-9)15-11(16)7-3-4-20(17,18)6-7/h1-2,5,7H,3-4,6H2,(H,14,15,16). The highest BCUT2D eigenvalue weighted by atomic mass is 35.5. The van der Waals surface area contributed by atoms with Gasteiger partial charge in [0.1, 0.15) is 0 Å². The first-order chi connectivity index (χ1) is 9.43. The molecular formula is C12H11ClN2O3S2. The number of rotatable bonds is 2. The van der Waals surface area contributed by atoms with Crippen molar-refractivity contribution < 1.29 is 13.2 Å². The van der Waals surface area contributed by atoms with Crippen LogP contribution in [0.5, 0.6) is 0 Å². The molecular weight excluding hydrogens is 320 g/mol. The third-order valence-electron chi connectivity index (χ3n) is 3.18. The molecule has 1 saturated heterocycles. The molecule has 8 heteroatoms. The third kappa shape index (κ3) is 2.79. The van der Waals surface area contributed by atoms with Crippen LogP contribution in [0.1, 0.15) is 6.42 Å². The van der Waals surface area contributed by atoms with Crippen LogP contribution in [0.25, 0.3) is 10.2 Å². The second-order valence-electron chi connectivity index (χ2n) is 4.72. The molecule has 2 heterocycles. The zero-order valence-electron chi connectivity index (χ0n) is 10.3. The number of hydrogen-bond donors (Lipinski definition) is 1. The molecule has 0 bridgehead atoms. The van der Waals surface area contributed by atoms with E-state index in [9.17, 15) is 13.2 Å². The maximum absolute atomic E-state index is 12.0. The summed E-state index contributed by atoms with van der Waals surface area (Å²) in [6.07, 6.45) is 0.380. The molecule has 2 aromatic rings. The highest BCUT2D eigenvalue weighted by Crippen LogP contribution is 2.29. The fourth-order valence-corrected chi connectivity index (χ4v) is 5.05. The zero-order valence-corrected chi connectivity index (χ0v) is 12.7. The highest BCUT2D eigenvalue weighted by molar-refractivity contribution is 7.91. The van der Waals surface area contributed by atoms with E-state index in [0.29, 0.717) is 16.6 Å². The fourth-order valence-electron chi connectivity index (χ4n) is 2.16. The van der Waals surface area contributed by atoms with Gasteiger partial charge in [-0.15, -0.1) is 0 Å². The molecule has 106 valence electrons. The molecule has 1 aromatic heterocycles. The Morgan fingerprint density at radius 1 is 1.45 bits per heavy atom. The summed E-state index contributed by atoms with van der Waals surface area (Å²) in [6, 6.07) is 5.30. The van der Waals surface area contributed by atoms with Crippen molar-refractivity contribution in [2.75, 3.05) is 16.8 Å². The summed E-state index contributed by atoms with van der Waals surface area (Å²) in [5.41, 5.74) is 0.758. The first-order valence-electron chi connectivity index (χ1n) is 6.00. The van der Waals surface area contributed by atoms with Gasteiger partial charge in [0.15, 0.2) is 15.0 Å². The molecule has 1 fully saturated rings. The smallest absolute Gasteiger partial charge is 0.230 e. The van der Waals surface area contributed by atoms with Crippen molar-refractivity contribution >= 4 is 54.0 Å². The third-order valence-corrected chi connectivity index (χ3v) is 6.12. The number of fused-ring (bicyclic) bond motifs is 1. The number of anilines is 1. The minimum Gasteiger partial charge on any atom is -0.302 e. The Labute approximate surface area is 124 Å². The molecule has 1 atom stereocenters. The Morgan fingerprint density at radius 3 is 2.95 bits per heavy atom. The van der Waals surface area contributed by atoms with E-state index in [0.717, 1.165) is 10.2 Å². The summed E-state index contributed by atoms with van der Waals surface area (Å²) < 4.78 is 23.6. The molecule has 1 aliphatic rings. The Hall–Kier alpha value is -1.18. The van der Waals surface area contributed by atoms with Gasteiger partial charge in [-0.2, -0.15) is 0 Å². The van der Waals surface area contributed by atoms with E-state index in [1.807, 2.05) is 0 Å². The molecule has 0 radical (unpaired) electrons. The number of hydrogen-bond acceptors (Lipinski definition) is 5. The van der Waals surface area contributed by atoms with Gasteiger partial charge in [-0.1, -0.05) is 22.9 Å². The van der Waals surface area contributed by atoms with Crippen molar-refractivity contribution in [2.24, 2.45) is 5.92 Å². The number of halogens is 1. The molecule has 1 N–H and O–H groups in total. The molecule has 0 spiro atoms. The first-order valence-corrected chi connectivity index (χ1v) is 9.02. The van der Waals surface area contributed by atoms with Crippen LogP contribution < -0.4 is 5.32 Å². The van der Waals surface area contributed by atoms with Crippen LogP contribution in [0.4, 0.5) is 5.13 Å². The number of amides is 1. The number of carbonyl (C=O) groups is 1. The van der Waals surface area contributed by atoms with Gasteiger partial charge in [-0.3, -0.25) is 4.79 Å². The number of nitrogens with zero attached hydrogens (tertiary/aromatic N) is 1. The fraction of sp³-hybridized carbons (Fsp3) is 0.333. The minimum atomic E-state index is -3.06. The highest BCUT2D eigenvalue weighted by Gasteiger charge is 2.33. The molecule has 0 saturated carbocycles. The maximum Gasteiger partial charge on any atom is 0.230 e. The Kier molecular flexibility index (Phi) is 3.43. The van der Waals surface area contributed by atoms with Crippen LogP contribution >= 0.6 is 22.9 Å². The van der Waals surface area contributed by atoms with E-state index >= 15 is 0 Å². The molecule has 0 aliphatic carbocycles. The van der Waals surface area contributed by atoms with Crippen molar-refractivity contribution in [3.63, 3.8) is 0 Å². The predicted molar refractivity (Wildman–Crippen MR) is 80.0 cm³/mol. The van der Waals surface area contributed by atoms with Crippen LogP contribution in [-0.4, -0.2) is 30.8 Å². The summed E-state index contributed by atoms with van der Waals surface area (Å²) in [6.45, 7) is 0. The number of benzene rings is 1. The van der Waals surface area contributed by atoms with Crippen LogP contribution in [0.2, 0.25) is 5.02 Å². The van der Waals surface area contributed by atoms with Gasteiger partial charge >= 0.3 is 0 Å². The first kappa shape index (κ1) is 13.8. The van der Waals surface area contributed by atoms with Gasteiger partial charge < -0.3 is 5.32 Å². The van der Waals surface area contributed by atoms with Crippen LogP contribution in [0.3, 0.4) is 0 Å². The van der Waals surface area contributed by atoms with E-state index in [-0.39, 0.29) is 17.4 Å². The van der Waals surface area contributed by atoms with Crippen molar-refractivity contribution in [3.05, 3.63) is 23.2 Å². The SMILES string of the molecule is O=C(Nc1nc2ccc(Cl)cc2s1)C1CCS(=O)(=O)C1. The van der Waals surface area contributed by atoms with E-state index in [1.54, 1.807) is 18.2 Å². The number of carbonyl (C=O) groups excluding carboxylic acids is 1. The van der Waals surface area contributed by atoms with Crippen LogP contribution in [0, 0.1) is 5.92 Å². The maximum atomic E-state index is 12.0. The van der Waals surface area contributed by atoms with Gasteiger partial charge in [0.2, 0.25) is 5.91 Å². The molecule has 1 unspecified atom stereocenters. The van der Waals surface area contributed by atoms with E-state index in [2.05, 4.69) is 10.3 Å². The van der Waals surface area contributed by atoms with Gasteiger partial charge in [0.25, 0.3) is 0 Å². The lowest BCUT2D eigenvalue weighted by Gasteiger charge is -2.05. The molecule has 5 nitrogen and oxygen atoms in total. The largest absolute Gasteiger partial charge is 0.302 e. The lowest BCUT2D eigenvalue weighted by atomic mass is 10.1. The monoisotopic (exact) mass is 330 g/mol. The average Bonchev–Trinajstić information content (AvgIpc) is 2.91. The van der Waals surface area contributed by atoms with Crippen LogP contribution in [-0.2, 0) is 14.6 Å². The zero-order chi connectivity index (χ0) is 14.3. The number of aromatic nitrogens is 1. The van der Waals surface area contributed by atoms with Crippen LogP contribution in [0.15, 0.2) is 18.2 Å². The van der Waals surface area contributed by atoms with Gasteiger partial charge in [0.05, 0.1) is 27.6 Å². The summed E-state index contributed by atoms with van der Waals surface area (Å²) in [7, 11) is -3.06. The van der Waals surface area contributed by atoms with E-state index in [1.165, 1.54) is 11.3 Å². The van der Waals surface area contributed by atoms with E-state index in [4.69, 9.17) is 11.6 Å². The number of thiazole rings is 1. The normalized spacial score (nSPS) is 21.1. The van der Waals surface area contributed by atoms with E-state index < -0.39 is 15.8 Å². The Morgan fingerprint density at radius 2 is 2.25 bits per heavy atom. The molecule has 1 aliphatic heterocycles. The van der Waals surface area contributed by atoms with Crippen molar-refractivity contribution in [2.45, 2.75) is 6.42 Å². The second-order valence-corrected chi connectivity index (χ2v) is 8.42. The predicted octanol–water partition coefficient (Wildman–Crippen LogP) is 2.32. The topological polar surface area (TPSA) is 76.1 Å². The van der Waals surface area contributed by atoms with Crippen molar-refractivity contribution in [1.29, 1.82) is 0 Å². The minimum absolute atomic E-state index is 0.0739. The number of sulfone groups is 1. The summed E-state index contributed by atoms with van der Waals surface area (Å²) in [5, 5.41) is 3.77. The molecule has 1 amide bonds. The van der Waals surface area contributed by atoms with Crippen molar-refractivity contribution in [3.8, 4) is 0 Å². The number of nitrogens with one attached hydrogen (secondary N) is 1. The average molecular weight is 331 g/mol. The summed E-state index contributed by atoms with van der Waals surface area (Å²) in [5.74, 6) is -0.748. The summed E-state index contributed by atoms with van der Waals surface area (Å²) >= 11 is 7.22. The summed E-state index contributed by atoms with van der Waals surface area (Å²) in [4.78, 5) is 16.3. The van der Waals surface area contributed by atoms with Gasteiger partial charge in [-0.25, -0.2) is 13.4 Å². The molecule has 3 rings (SSSR count). The second kappa shape index (κ2) is 4.98.